The minimum atomic E-state index is -3.08. The lowest BCUT2D eigenvalue weighted by Gasteiger charge is -2.40. The predicted molar refractivity (Wildman–Crippen MR) is 101 cm³/mol. The van der Waals surface area contributed by atoms with Crippen molar-refractivity contribution >= 4 is 11.6 Å². The van der Waals surface area contributed by atoms with E-state index in [9.17, 15) is 18.0 Å². The van der Waals surface area contributed by atoms with E-state index in [1.54, 1.807) is 12.2 Å². The summed E-state index contributed by atoms with van der Waals surface area (Å²) in [6.07, 6.45) is 5.54. The number of primary amides is 1. The van der Waals surface area contributed by atoms with E-state index >= 15 is 0 Å². The highest BCUT2D eigenvalue weighted by Crippen LogP contribution is 2.41. The largest absolute Gasteiger partial charge is 0.369 e. The maximum atomic E-state index is 14.7. The second kappa shape index (κ2) is 6.88. The van der Waals surface area contributed by atoms with Gasteiger partial charge in [0.15, 0.2) is 0 Å². The molecule has 2 N–H and O–H groups in total. The van der Waals surface area contributed by atoms with Crippen LogP contribution in [0.2, 0.25) is 0 Å². The van der Waals surface area contributed by atoms with Gasteiger partial charge in [-0.15, -0.1) is 0 Å². The van der Waals surface area contributed by atoms with E-state index in [2.05, 4.69) is 4.99 Å². The molecular weight excluding hydrogens is 367 g/mol. The number of carbonyl (C=O) groups is 1. The summed E-state index contributed by atoms with van der Waals surface area (Å²) in [6.45, 7) is 2.07. The Hall–Kier alpha value is -2.41. The Bertz CT molecular complexity index is 906. The van der Waals surface area contributed by atoms with Crippen LogP contribution in [0.5, 0.6) is 0 Å². The molecule has 148 valence electrons. The molecule has 1 unspecified atom stereocenters. The van der Waals surface area contributed by atoms with E-state index in [0.717, 1.165) is 11.3 Å². The SMILES string of the molecule is CC1=NC2C(=CC=C[C@H]2C(N)=O)[C@H](N2CCC(F)(F)c3cccc(F)c3C2)C1. The molecule has 1 aliphatic carbocycles. The van der Waals surface area contributed by atoms with Gasteiger partial charge < -0.3 is 5.73 Å². The Kier molecular flexibility index (Phi) is 4.65. The molecule has 0 spiro atoms. The van der Waals surface area contributed by atoms with Crippen LogP contribution < -0.4 is 5.73 Å². The van der Waals surface area contributed by atoms with Crippen LogP contribution in [0.25, 0.3) is 0 Å². The number of nitrogens with zero attached hydrogens (tertiary/aromatic N) is 2. The summed E-state index contributed by atoms with van der Waals surface area (Å²) in [5, 5.41) is 0. The van der Waals surface area contributed by atoms with Crippen molar-refractivity contribution < 1.29 is 18.0 Å². The quantitative estimate of drug-likeness (QED) is 0.844. The number of allylic oxidation sites excluding steroid dienone is 2. The van der Waals surface area contributed by atoms with Crippen LogP contribution in [0, 0.1) is 11.7 Å². The van der Waals surface area contributed by atoms with Crippen LogP contribution in [-0.2, 0) is 17.3 Å². The molecule has 0 bridgehead atoms. The molecule has 4 nitrogen and oxygen atoms in total. The zero-order valence-corrected chi connectivity index (χ0v) is 15.5. The first kappa shape index (κ1) is 18.9. The summed E-state index contributed by atoms with van der Waals surface area (Å²) in [5.74, 6) is -4.73. The van der Waals surface area contributed by atoms with Crippen LogP contribution in [0.1, 0.15) is 30.9 Å². The summed E-state index contributed by atoms with van der Waals surface area (Å²) in [5.41, 5.74) is 7.05. The number of alkyl halides is 2. The fraction of sp³-hybridized carbons (Fsp3) is 0.429. The van der Waals surface area contributed by atoms with Crippen molar-refractivity contribution in [3.63, 3.8) is 0 Å². The first-order valence-corrected chi connectivity index (χ1v) is 9.38. The van der Waals surface area contributed by atoms with Gasteiger partial charge in [-0.3, -0.25) is 14.7 Å². The van der Waals surface area contributed by atoms with Gasteiger partial charge in [0.2, 0.25) is 5.91 Å². The van der Waals surface area contributed by atoms with Crippen molar-refractivity contribution in [2.24, 2.45) is 16.6 Å². The van der Waals surface area contributed by atoms with Crippen LogP contribution >= 0.6 is 0 Å². The summed E-state index contributed by atoms with van der Waals surface area (Å²) in [7, 11) is 0. The highest BCUT2D eigenvalue weighted by molar-refractivity contribution is 5.87. The van der Waals surface area contributed by atoms with Gasteiger partial charge in [0.25, 0.3) is 5.92 Å². The molecule has 28 heavy (non-hydrogen) atoms. The normalized spacial score (nSPS) is 29.2. The topological polar surface area (TPSA) is 58.7 Å². The van der Waals surface area contributed by atoms with Crippen molar-refractivity contribution in [3.05, 3.63) is 58.9 Å². The molecule has 7 heteroatoms. The fourth-order valence-electron chi connectivity index (χ4n) is 4.47. The van der Waals surface area contributed by atoms with Crippen LogP contribution in [0.15, 0.2) is 47.0 Å². The van der Waals surface area contributed by atoms with E-state index in [-0.39, 0.29) is 36.7 Å². The van der Waals surface area contributed by atoms with E-state index < -0.39 is 29.6 Å². The Morgan fingerprint density at radius 2 is 2.14 bits per heavy atom. The van der Waals surface area contributed by atoms with E-state index in [4.69, 9.17) is 5.73 Å². The molecule has 0 radical (unpaired) electrons. The molecule has 4 rings (SSSR count). The second-order valence-corrected chi connectivity index (χ2v) is 7.70. The molecular formula is C21H22F3N3O. The number of fused-ring (bicyclic) bond motifs is 2. The Labute approximate surface area is 161 Å². The molecule has 2 heterocycles. The van der Waals surface area contributed by atoms with Gasteiger partial charge in [0, 0.05) is 48.8 Å². The van der Waals surface area contributed by atoms with Crippen LogP contribution in [0.3, 0.4) is 0 Å². The van der Waals surface area contributed by atoms with Crippen LogP contribution in [0.4, 0.5) is 13.2 Å². The summed E-state index contributed by atoms with van der Waals surface area (Å²) >= 11 is 0. The minimum Gasteiger partial charge on any atom is -0.369 e. The van der Waals surface area contributed by atoms with Gasteiger partial charge in [0.05, 0.1) is 12.0 Å². The molecule has 0 fully saturated rings. The number of carbonyl (C=O) groups excluding carboxylic acids is 1. The van der Waals surface area contributed by atoms with E-state index in [1.807, 2.05) is 17.9 Å². The lowest BCUT2D eigenvalue weighted by atomic mass is 9.80. The third kappa shape index (κ3) is 3.17. The molecule has 1 aromatic rings. The maximum absolute atomic E-state index is 14.7. The smallest absolute Gasteiger partial charge is 0.274 e. The fourth-order valence-corrected chi connectivity index (χ4v) is 4.47. The molecule has 0 saturated heterocycles. The number of aliphatic imine (C=N–C) groups is 1. The summed E-state index contributed by atoms with van der Waals surface area (Å²) in [4.78, 5) is 18.4. The van der Waals surface area contributed by atoms with Crippen molar-refractivity contribution in [2.45, 2.75) is 44.3 Å². The highest BCUT2D eigenvalue weighted by atomic mass is 19.3. The number of halogens is 3. The summed E-state index contributed by atoms with van der Waals surface area (Å²) < 4.78 is 43.7. The van der Waals surface area contributed by atoms with Gasteiger partial charge in [-0.05, 0) is 18.6 Å². The number of hydrogen-bond donors (Lipinski definition) is 1. The average molecular weight is 389 g/mol. The Morgan fingerprint density at radius 3 is 2.89 bits per heavy atom. The molecule has 0 saturated carbocycles. The Balaban J connectivity index is 1.72. The third-order valence-corrected chi connectivity index (χ3v) is 5.88. The standard InChI is InChI=1S/C21H22F3N3O/c1-12-10-18(13-4-2-5-14(20(25)28)19(13)26-12)27-9-8-21(23,24)16-6-3-7-17(22)15(16)11-27/h2-7,14,18-19H,8-11H2,1H3,(H2,25,28)/t14-,18-,19?/m1/s1. The molecule has 3 atom stereocenters. The van der Waals surface area contributed by atoms with Crippen molar-refractivity contribution in [1.82, 2.24) is 4.90 Å². The van der Waals surface area contributed by atoms with E-state index in [1.165, 1.54) is 18.2 Å². The van der Waals surface area contributed by atoms with Gasteiger partial charge in [-0.1, -0.05) is 30.4 Å². The molecule has 0 aromatic heterocycles. The number of benzene rings is 1. The molecule has 1 amide bonds. The average Bonchev–Trinajstić information content (AvgIpc) is 2.78. The maximum Gasteiger partial charge on any atom is 0.274 e. The number of rotatable bonds is 2. The molecule has 2 aliphatic heterocycles. The second-order valence-electron chi connectivity index (χ2n) is 7.70. The van der Waals surface area contributed by atoms with E-state index in [0.29, 0.717) is 6.42 Å². The third-order valence-electron chi connectivity index (χ3n) is 5.88. The highest BCUT2D eigenvalue weighted by Gasteiger charge is 2.43. The lowest BCUT2D eigenvalue weighted by Crippen LogP contribution is -2.47. The first-order valence-electron chi connectivity index (χ1n) is 9.38. The van der Waals surface area contributed by atoms with Crippen molar-refractivity contribution in [3.8, 4) is 0 Å². The van der Waals surface area contributed by atoms with Crippen molar-refractivity contribution in [2.75, 3.05) is 6.54 Å². The molecule has 1 aromatic carbocycles. The predicted octanol–water partition coefficient (Wildman–Crippen LogP) is 3.32. The number of hydrogen-bond acceptors (Lipinski definition) is 3. The molecule has 3 aliphatic rings. The minimum absolute atomic E-state index is 0.0418. The van der Waals surface area contributed by atoms with Crippen LogP contribution in [-0.4, -0.2) is 35.1 Å². The number of nitrogens with two attached hydrogens (primary N) is 1. The zero-order valence-electron chi connectivity index (χ0n) is 15.5. The monoisotopic (exact) mass is 389 g/mol. The van der Waals surface area contributed by atoms with Gasteiger partial charge in [0.1, 0.15) is 5.82 Å². The van der Waals surface area contributed by atoms with Gasteiger partial charge in [-0.2, -0.15) is 0 Å². The lowest BCUT2D eigenvalue weighted by molar-refractivity contribution is -0.120. The summed E-state index contributed by atoms with van der Waals surface area (Å²) in [6, 6.07) is 3.21. The Morgan fingerprint density at radius 1 is 1.36 bits per heavy atom. The van der Waals surface area contributed by atoms with Crippen molar-refractivity contribution in [1.29, 1.82) is 0 Å². The zero-order chi connectivity index (χ0) is 20.1. The number of amides is 1. The van der Waals surface area contributed by atoms with Gasteiger partial charge in [-0.25, -0.2) is 13.2 Å². The van der Waals surface area contributed by atoms with Gasteiger partial charge >= 0.3 is 0 Å². The first-order chi connectivity index (χ1) is 13.3.